The molecule has 0 saturated carbocycles. The lowest BCUT2D eigenvalue weighted by molar-refractivity contribution is -0.137. The Balaban J connectivity index is 0.000000273. The summed E-state index contributed by atoms with van der Waals surface area (Å²) in [6, 6.07) is 32.3. The van der Waals surface area contributed by atoms with E-state index >= 15 is 0 Å². The van der Waals surface area contributed by atoms with Crippen molar-refractivity contribution < 1.29 is 9.90 Å². The quantitative estimate of drug-likeness (QED) is 0.120. The largest absolute Gasteiger partial charge is 0.481 e. The summed E-state index contributed by atoms with van der Waals surface area (Å²) in [7, 11) is -0.446. The van der Waals surface area contributed by atoms with E-state index in [-0.39, 0.29) is 0 Å². The molecule has 3 aromatic carbocycles. The molecule has 3 rings (SSSR count). The van der Waals surface area contributed by atoms with Crippen LogP contribution in [0.1, 0.15) is 110 Å². The lowest BCUT2D eigenvalue weighted by Gasteiger charge is -2.18. The Morgan fingerprint density at radius 1 is 0.487 bits per heavy atom. The molecule has 0 saturated heterocycles. The maximum Gasteiger partial charge on any atom is 0.303 e. The first-order valence-electron chi connectivity index (χ1n) is 15.4. The molecular formula is C36H51O2P. The van der Waals surface area contributed by atoms with Gasteiger partial charge in [-0.3, -0.25) is 4.79 Å². The van der Waals surface area contributed by atoms with Crippen molar-refractivity contribution in [1.82, 2.24) is 0 Å². The molecule has 1 N–H and O–H groups in total. The second-order valence-corrected chi connectivity index (χ2v) is 12.7. The molecule has 0 aromatic heterocycles. The minimum atomic E-state index is -0.653. The molecule has 2 nitrogen and oxygen atoms in total. The first kappa shape index (κ1) is 32.8. The van der Waals surface area contributed by atoms with E-state index in [1.165, 1.54) is 99.4 Å². The number of hydrogen-bond donors (Lipinski definition) is 1. The number of rotatable bonds is 19. The van der Waals surface area contributed by atoms with Crippen LogP contribution in [0.15, 0.2) is 91.0 Å². The minimum absolute atomic E-state index is 0.345. The number of carbonyl (C=O) groups is 1. The molecule has 0 aliphatic carbocycles. The molecular weight excluding hydrogens is 495 g/mol. The summed E-state index contributed by atoms with van der Waals surface area (Å²) >= 11 is 0. The van der Waals surface area contributed by atoms with Gasteiger partial charge in [-0.2, -0.15) is 0 Å². The fraction of sp³-hybridized carbons (Fsp3) is 0.472. The van der Waals surface area contributed by atoms with Crippen molar-refractivity contribution in [3.8, 4) is 0 Å². The molecule has 0 bridgehead atoms. The molecule has 0 radical (unpaired) electrons. The molecule has 39 heavy (non-hydrogen) atoms. The topological polar surface area (TPSA) is 37.3 Å². The average Bonchev–Trinajstić information content (AvgIpc) is 2.97. The number of benzene rings is 3. The summed E-state index contributed by atoms with van der Waals surface area (Å²) in [5.74, 6) is -0.653. The standard InChI is InChI=1S/C18H36O2.C18H15P/c1-2-3-4-5-6-7-8-9-10-11-12-13-14-15-16-17-18(19)20;1-4-10-16(11-5-1)19(17-12-6-2-7-13-17)18-14-8-3-9-15-18/h2-17H2,1H3,(H,19,20);1-15H. The van der Waals surface area contributed by atoms with Crippen molar-refractivity contribution >= 4 is 29.8 Å². The average molecular weight is 547 g/mol. The van der Waals surface area contributed by atoms with E-state index in [2.05, 4.69) is 97.9 Å². The van der Waals surface area contributed by atoms with E-state index in [0.29, 0.717) is 6.42 Å². The lowest BCUT2D eigenvalue weighted by Crippen LogP contribution is -2.20. The highest BCUT2D eigenvalue weighted by molar-refractivity contribution is 7.79. The fourth-order valence-corrected chi connectivity index (χ4v) is 7.13. The minimum Gasteiger partial charge on any atom is -0.481 e. The van der Waals surface area contributed by atoms with Crippen molar-refractivity contribution in [2.45, 2.75) is 110 Å². The van der Waals surface area contributed by atoms with Crippen molar-refractivity contribution in [3.63, 3.8) is 0 Å². The highest BCUT2D eigenvalue weighted by Crippen LogP contribution is 2.32. The van der Waals surface area contributed by atoms with Crippen LogP contribution >= 0.6 is 7.92 Å². The zero-order chi connectivity index (χ0) is 27.8. The summed E-state index contributed by atoms with van der Waals surface area (Å²) in [5.41, 5.74) is 0. The third-order valence-corrected chi connectivity index (χ3v) is 9.48. The van der Waals surface area contributed by atoms with Crippen molar-refractivity contribution in [2.75, 3.05) is 0 Å². The van der Waals surface area contributed by atoms with Gasteiger partial charge < -0.3 is 5.11 Å². The Labute approximate surface area is 240 Å². The predicted molar refractivity (Wildman–Crippen MR) is 172 cm³/mol. The molecule has 3 aromatic rings. The van der Waals surface area contributed by atoms with E-state index in [0.717, 1.165) is 12.8 Å². The summed E-state index contributed by atoms with van der Waals surface area (Å²) in [4.78, 5) is 10.3. The zero-order valence-electron chi connectivity index (χ0n) is 24.3. The monoisotopic (exact) mass is 546 g/mol. The van der Waals surface area contributed by atoms with Crippen LogP contribution in [0, 0.1) is 0 Å². The Kier molecular flexibility index (Phi) is 18.8. The smallest absolute Gasteiger partial charge is 0.303 e. The maximum atomic E-state index is 10.3. The Bertz CT molecular complexity index is 865. The van der Waals surface area contributed by atoms with Gasteiger partial charge in [0.05, 0.1) is 0 Å². The van der Waals surface area contributed by atoms with Crippen molar-refractivity contribution in [3.05, 3.63) is 91.0 Å². The van der Waals surface area contributed by atoms with Gasteiger partial charge in [-0.1, -0.05) is 188 Å². The highest BCUT2D eigenvalue weighted by atomic mass is 31.1. The van der Waals surface area contributed by atoms with Gasteiger partial charge in [0, 0.05) is 6.42 Å². The summed E-state index contributed by atoms with van der Waals surface area (Å²) in [6.07, 6.45) is 20.2. The van der Waals surface area contributed by atoms with Crippen LogP contribution in [0.3, 0.4) is 0 Å². The van der Waals surface area contributed by atoms with Crippen LogP contribution in [0.4, 0.5) is 0 Å². The van der Waals surface area contributed by atoms with E-state index in [9.17, 15) is 4.79 Å². The first-order valence-corrected chi connectivity index (χ1v) is 16.7. The molecule has 0 aliphatic heterocycles. The lowest BCUT2D eigenvalue weighted by atomic mass is 10.0. The molecule has 212 valence electrons. The normalized spacial score (nSPS) is 10.7. The van der Waals surface area contributed by atoms with Crippen LogP contribution in [0.25, 0.3) is 0 Å². The second kappa shape index (κ2) is 22.4. The molecule has 3 heteroatoms. The second-order valence-electron chi connectivity index (χ2n) is 10.4. The van der Waals surface area contributed by atoms with Crippen molar-refractivity contribution in [2.24, 2.45) is 0 Å². The molecule has 0 amide bonds. The van der Waals surface area contributed by atoms with E-state index in [1.54, 1.807) is 0 Å². The van der Waals surface area contributed by atoms with Gasteiger partial charge in [0.25, 0.3) is 0 Å². The predicted octanol–water partition coefficient (Wildman–Crippen LogP) is 9.78. The summed E-state index contributed by atoms with van der Waals surface area (Å²) in [6.45, 7) is 2.27. The van der Waals surface area contributed by atoms with Gasteiger partial charge in [-0.05, 0) is 30.3 Å². The third-order valence-electron chi connectivity index (χ3n) is 7.04. The van der Waals surface area contributed by atoms with E-state index in [1.807, 2.05) is 0 Å². The van der Waals surface area contributed by atoms with Gasteiger partial charge in [0.15, 0.2) is 0 Å². The van der Waals surface area contributed by atoms with Crippen LogP contribution in [0.2, 0.25) is 0 Å². The summed E-state index contributed by atoms with van der Waals surface area (Å²) < 4.78 is 0. The molecule has 0 heterocycles. The van der Waals surface area contributed by atoms with Crippen LogP contribution < -0.4 is 15.9 Å². The van der Waals surface area contributed by atoms with Gasteiger partial charge in [0.2, 0.25) is 0 Å². The van der Waals surface area contributed by atoms with E-state index in [4.69, 9.17) is 5.11 Å². The molecule has 0 atom stereocenters. The van der Waals surface area contributed by atoms with Gasteiger partial charge in [-0.25, -0.2) is 0 Å². The number of carboxylic acid groups (broad SMARTS) is 1. The number of carboxylic acids is 1. The van der Waals surface area contributed by atoms with Crippen molar-refractivity contribution in [1.29, 1.82) is 0 Å². The van der Waals surface area contributed by atoms with E-state index < -0.39 is 13.9 Å². The number of unbranched alkanes of at least 4 members (excludes halogenated alkanes) is 14. The fourth-order valence-electron chi connectivity index (χ4n) is 4.83. The van der Waals surface area contributed by atoms with Crippen LogP contribution in [0.5, 0.6) is 0 Å². The van der Waals surface area contributed by atoms with Gasteiger partial charge in [0.1, 0.15) is 0 Å². The van der Waals surface area contributed by atoms with Gasteiger partial charge in [-0.15, -0.1) is 0 Å². The number of hydrogen-bond acceptors (Lipinski definition) is 1. The van der Waals surface area contributed by atoms with Crippen LogP contribution in [-0.4, -0.2) is 11.1 Å². The SMILES string of the molecule is CCCCCCCCCCCCCCCCCC(=O)O.c1ccc(P(c2ccccc2)c2ccccc2)cc1. The first-order chi connectivity index (χ1) is 19.2. The zero-order valence-corrected chi connectivity index (χ0v) is 25.2. The molecule has 0 aliphatic rings. The Morgan fingerprint density at radius 3 is 1.05 bits per heavy atom. The Hall–Kier alpha value is -2.44. The molecule has 0 fully saturated rings. The number of aliphatic carboxylic acids is 1. The molecule has 0 spiro atoms. The van der Waals surface area contributed by atoms with Crippen LogP contribution in [-0.2, 0) is 4.79 Å². The highest BCUT2D eigenvalue weighted by Gasteiger charge is 2.15. The Morgan fingerprint density at radius 2 is 0.769 bits per heavy atom. The third kappa shape index (κ3) is 15.7. The maximum absolute atomic E-state index is 10.3. The summed E-state index contributed by atoms with van der Waals surface area (Å²) in [5, 5.41) is 12.7. The molecule has 0 unspecified atom stereocenters. The van der Waals surface area contributed by atoms with Gasteiger partial charge >= 0.3 is 5.97 Å².